The highest BCUT2D eigenvalue weighted by atomic mass is 32.2. The molecule has 0 N–H and O–H groups in total. The molecule has 1 heterocycles. The molecular formula is C10H8N2S. The van der Waals surface area contributed by atoms with E-state index in [9.17, 15) is 0 Å². The van der Waals surface area contributed by atoms with Gasteiger partial charge in [0, 0.05) is 18.1 Å². The number of anilines is 1. The highest BCUT2D eigenvalue weighted by Crippen LogP contribution is 2.38. The van der Waals surface area contributed by atoms with Crippen molar-refractivity contribution in [2.24, 2.45) is 0 Å². The van der Waals surface area contributed by atoms with Crippen molar-refractivity contribution < 1.29 is 0 Å². The minimum Gasteiger partial charge on any atom is -0.348 e. The zero-order chi connectivity index (χ0) is 9.26. The third-order valence-corrected chi connectivity index (χ3v) is 2.87. The first-order valence-electron chi connectivity index (χ1n) is 3.93. The third-order valence-electron chi connectivity index (χ3n) is 1.89. The lowest BCUT2D eigenvalue weighted by Crippen LogP contribution is -2.12. The van der Waals surface area contributed by atoms with Gasteiger partial charge in [0.2, 0.25) is 0 Å². The number of allylic oxidation sites excluding steroid dienone is 1. The van der Waals surface area contributed by atoms with E-state index in [1.165, 1.54) is 11.8 Å². The van der Waals surface area contributed by atoms with Gasteiger partial charge in [0.25, 0.3) is 0 Å². The van der Waals surface area contributed by atoms with Crippen LogP contribution in [0.3, 0.4) is 0 Å². The Morgan fingerprint density at radius 2 is 2.15 bits per heavy atom. The smallest absolute Gasteiger partial charge is 0.108 e. The molecule has 0 saturated carbocycles. The molecule has 1 aliphatic heterocycles. The Morgan fingerprint density at radius 3 is 2.92 bits per heavy atom. The molecule has 0 saturated heterocycles. The van der Waals surface area contributed by atoms with Crippen LogP contribution in [0.5, 0.6) is 0 Å². The predicted octanol–water partition coefficient (Wildman–Crippen LogP) is 2.59. The monoisotopic (exact) mass is 188 g/mol. The second kappa shape index (κ2) is 3.15. The van der Waals surface area contributed by atoms with E-state index in [0.717, 1.165) is 15.5 Å². The number of hydrogen-bond acceptors (Lipinski definition) is 3. The molecule has 0 atom stereocenters. The molecule has 64 valence electrons. The summed E-state index contributed by atoms with van der Waals surface area (Å²) in [6.07, 6.45) is 1.85. The van der Waals surface area contributed by atoms with Gasteiger partial charge in [-0.05, 0) is 12.1 Å². The number of benzene rings is 1. The molecule has 13 heavy (non-hydrogen) atoms. The Morgan fingerprint density at radius 1 is 1.38 bits per heavy atom. The summed E-state index contributed by atoms with van der Waals surface area (Å²) in [5, 5.41) is 8.77. The summed E-state index contributed by atoms with van der Waals surface area (Å²) < 4.78 is 0. The van der Waals surface area contributed by atoms with E-state index in [1.54, 1.807) is 0 Å². The van der Waals surface area contributed by atoms with Gasteiger partial charge in [0.05, 0.1) is 5.69 Å². The molecule has 0 fully saturated rings. The van der Waals surface area contributed by atoms with E-state index < -0.39 is 0 Å². The average Bonchev–Trinajstić information content (AvgIpc) is 2.18. The molecule has 0 aromatic heterocycles. The van der Waals surface area contributed by atoms with Gasteiger partial charge in [-0.1, -0.05) is 23.9 Å². The van der Waals surface area contributed by atoms with Crippen molar-refractivity contribution in [2.75, 3.05) is 11.9 Å². The maximum atomic E-state index is 8.77. The van der Waals surface area contributed by atoms with Gasteiger partial charge in [-0.25, -0.2) is 0 Å². The van der Waals surface area contributed by atoms with Crippen molar-refractivity contribution in [3.63, 3.8) is 0 Å². The first-order chi connectivity index (χ1) is 6.31. The van der Waals surface area contributed by atoms with E-state index in [0.29, 0.717) is 0 Å². The molecule has 0 aliphatic carbocycles. The molecule has 2 rings (SSSR count). The normalized spacial score (nSPS) is 14.5. The zero-order valence-corrected chi connectivity index (χ0v) is 8.01. The van der Waals surface area contributed by atoms with Crippen LogP contribution in [0.15, 0.2) is 40.3 Å². The number of nitrogens with zero attached hydrogens (tertiary/aromatic N) is 2. The summed E-state index contributed by atoms with van der Waals surface area (Å²) in [6, 6.07) is 10.2. The summed E-state index contributed by atoms with van der Waals surface area (Å²) >= 11 is 1.52. The second-order valence-corrected chi connectivity index (χ2v) is 3.87. The zero-order valence-electron chi connectivity index (χ0n) is 7.19. The molecular weight excluding hydrogens is 180 g/mol. The predicted molar refractivity (Wildman–Crippen MR) is 54.4 cm³/mol. The van der Waals surface area contributed by atoms with Crippen LogP contribution in [0.2, 0.25) is 0 Å². The number of para-hydroxylation sites is 1. The molecule has 2 nitrogen and oxygen atoms in total. The van der Waals surface area contributed by atoms with Crippen molar-refractivity contribution >= 4 is 17.4 Å². The maximum absolute atomic E-state index is 8.77. The lowest BCUT2D eigenvalue weighted by atomic mass is 10.3. The number of fused-ring (bicyclic) bond motifs is 1. The number of nitriles is 1. The van der Waals surface area contributed by atoms with Crippen molar-refractivity contribution in [1.29, 1.82) is 5.26 Å². The highest BCUT2D eigenvalue weighted by molar-refractivity contribution is 8.03. The maximum Gasteiger partial charge on any atom is 0.108 e. The van der Waals surface area contributed by atoms with Crippen LogP contribution >= 0.6 is 11.8 Å². The van der Waals surface area contributed by atoms with Crippen LogP contribution in [0.1, 0.15) is 0 Å². The largest absolute Gasteiger partial charge is 0.348 e. The Balaban J connectivity index is 2.47. The SMILES string of the molecule is CN1C=C(C#N)Sc2ccccc21. The van der Waals surface area contributed by atoms with Crippen LogP contribution in [0.4, 0.5) is 5.69 Å². The van der Waals surface area contributed by atoms with Gasteiger partial charge < -0.3 is 4.90 Å². The van der Waals surface area contributed by atoms with Gasteiger partial charge in [0.1, 0.15) is 11.0 Å². The number of hydrogen-bond donors (Lipinski definition) is 0. The van der Waals surface area contributed by atoms with E-state index in [1.807, 2.05) is 42.4 Å². The lowest BCUT2D eigenvalue weighted by Gasteiger charge is -2.22. The van der Waals surface area contributed by atoms with Gasteiger partial charge in [-0.2, -0.15) is 5.26 Å². The highest BCUT2D eigenvalue weighted by Gasteiger charge is 2.13. The fourth-order valence-electron chi connectivity index (χ4n) is 1.28. The molecule has 0 bridgehead atoms. The van der Waals surface area contributed by atoms with Crippen LogP contribution in [-0.2, 0) is 0 Å². The Hall–Kier alpha value is -1.40. The van der Waals surface area contributed by atoms with Gasteiger partial charge in [-0.15, -0.1) is 0 Å². The van der Waals surface area contributed by atoms with E-state index in [-0.39, 0.29) is 0 Å². The van der Waals surface area contributed by atoms with Crippen molar-refractivity contribution in [3.8, 4) is 6.07 Å². The van der Waals surface area contributed by atoms with Gasteiger partial charge in [0.15, 0.2) is 0 Å². The molecule has 0 spiro atoms. The topological polar surface area (TPSA) is 27.0 Å². The Labute approximate surface area is 81.5 Å². The van der Waals surface area contributed by atoms with E-state index in [4.69, 9.17) is 5.26 Å². The van der Waals surface area contributed by atoms with Crippen LogP contribution < -0.4 is 4.90 Å². The molecule has 3 heteroatoms. The minimum absolute atomic E-state index is 0.737. The van der Waals surface area contributed by atoms with E-state index in [2.05, 4.69) is 6.07 Å². The van der Waals surface area contributed by atoms with Crippen molar-refractivity contribution in [3.05, 3.63) is 35.4 Å². The fourth-order valence-corrected chi connectivity index (χ4v) is 2.23. The minimum atomic E-state index is 0.737. The lowest BCUT2D eigenvalue weighted by molar-refractivity contribution is 1.15. The summed E-state index contributed by atoms with van der Waals surface area (Å²) in [5.74, 6) is 0. The van der Waals surface area contributed by atoms with Crippen molar-refractivity contribution in [2.45, 2.75) is 4.90 Å². The van der Waals surface area contributed by atoms with Crippen LogP contribution in [0, 0.1) is 11.3 Å². The Kier molecular flexibility index (Phi) is 1.99. The quantitative estimate of drug-likeness (QED) is 0.626. The number of rotatable bonds is 0. The van der Waals surface area contributed by atoms with Gasteiger partial charge >= 0.3 is 0 Å². The standard InChI is InChI=1S/C10H8N2S/c1-12-7-8(6-11)13-10-5-3-2-4-9(10)12/h2-5,7H,1H3. The average molecular weight is 188 g/mol. The molecule has 0 unspecified atom stereocenters. The summed E-state index contributed by atoms with van der Waals surface area (Å²) in [7, 11) is 1.95. The molecule has 1 aromatic carbocycles. The van der Waals surface area contributed by atoms with E-state index >= 15 is 0 Å². The first kappa shape index (κ1) is 8.21. The second-order valence-electron chi connectivity index (χ2n) is 2.79. The van der Waals surface area contributed by atoms with Crippen LogP contribution in [0.25, 0.3) is 0 Å². The number of thioether (sulfide) groups is 1. The van der Waals surface area contributed by atoms with Gasteiger partial charge in [-0.3, -0.25) is 0 Å². The fraction of sp³-hybridized carbons (Fsp3) is 0.100. The van der Waals surface area contributed by atoms with Crippen LogP contribution in [-0.4, -0.2) is 7.05 Å². The summed E-state index contributed by atoms with van der Waals surface area (Å²) in [5.41, 5.74) is 1.16. The molecule has 1 aliphatic rings. The molecule has 1 aromatic rings. The Bertz CT molecular complexity index is 404. The first-order valence-corrected chi connectivity index (χ1v) is 4.74. The summed E-state index contributed by atoms with van der Waals surface area (Å²) in [4.78, 5) is 3.86. The molecule has 0 radical (unpaired) electrons. The van der Waals surface area contributed by atoms with Crippen molar-refractivity contribution in [1.82, 2.24) is 0 Å². The molecule has 0 amide bonds. The third kappa shape index (κ3) is 1.41. The summed E-state index contributed by atoms with van der Waals surface area (Å²) in [6.45, 7) is 0.